The summed E-state index contributed by atoms with van der Waals surface area (Å²) >= 11 is 0. The molecular formula is C16H25N3. The first-order valence-electron chi connectivity index (χ1n) is 7.04. The lowest BCUT2D eigenvalue weighted by Crippen LogP contribution is -2.36. The number of nitriles is 1. The molecule has 3 nitrogen and oxygen atoms in total. The molecule has 0 amide bonds. The molecule has 1 aromatic carbocycles. The molecule has 2 unspecified atom stereocenters. The first-order valence-corrected chi connectivity index (χ1v) is 7.04. The topological polar surface area (TPSA) is 39.1 Å². The number of nitrogens with one attached hydrogen (secondary N) is 1. The van der Waals surface area contributed by atoms with Crippen LogP contribution < -0.4 is 5.32 Å². The molecule has 0 spiro atoms. The second-order valence-electron chi connectivity index (χ2n) is 5.02. The van der Waals surface area contributed by atoms with E-state index in [0.29, 0.717) is 12.5 Å². The highest BCUT2D eigenvalue weighted by molar-refractivity contribution is 5.19. The summed E-state index contributed by atoms with van der Waals surface area (Å²) in [6.45, 7) is 6.35. The van der Waals surface area contributed by atoms with Gasteiger partial charge in [-0.05, 0) is 26.0 Å². The molecule has 0 heterocycles. The van der Waals surface area contributed by atoms with E-state index in [1.807, 2.05) is 18.2 Å². The van der Waals surface area contributed by atoms with Crippen molar-refractivity contribution in [3.8, 4) is 6.07 Å². The van der Waals surface area contributed by atoms with Gasteiger partial charge in [0.15, 0.2) is 0 Å². The van der Waals surface area contributed by atoms with Gasteiger partial charge in [-0.2, -0.15) is 5.26 Å². The quantitative estimate of drug-likeness (QED) is 0.780. The normalized spacial score (nSPS) is 14.1. The molecular weight excluding hydrogens is 234 g/mol. The summed E-state index contributed by atoms with van der Waals surface area (Å²) in [4.78, 5) is 2.35. The first kappa shape index (κ1) is 15.7. The lowest BCUT2D eigenvalue weighted by atomic mass is 10.0. The fraction of sp³-hybridized carbons (Fsp3) is 0.562. The predicted octanol–water partition coefficient (Wildman–Crippen LogP) is 2.96. The Morgan fingerprint density at radius 1 is 1.32 bits per heavy atom. The van der Waals surface area contributed by atoms with Gasteiger partial charge in [0.25, 0.3) is 0 Å². The van der Waals surface area contributed by atoms with E-state index in [9.17, 15) is 0 Å². The Morgan fingerprint density at radius 2 is 2.00 bits per heavy atom. The second kappa shape index (κ2) is 8.68. The van der Waals surface area contributed by atoms with Crippen LogP contribution in [-0.4, -0.2) is 31.1 Å². The Balaban J connectivity index is 2.46. The second-order valence-corrected chi connectivity index (χ2v) is 5.02. The minimum Gasteiger partial charge on any atom is -0.308 e. The maximum atomic E-state index is 8.93. The molecule has 0 bridgehead atoms. The average molecular weight is 259 g/mol. The predicted molar refractivity (Wildman–Crippen MR) is 79.8 cm³/mol. The van der Waals surface area contributed by atoms with Crippen molar-refractivity contribution in [2.75, 3.05) is 20.1 Å². The van der Waals surface area contributed by atoms with Gasteiger partial charge < -0.3 is 10.2 Å². The lowest BCUT2D eigenvalue weighted by molar-refractivity contribution is 0.248. The maximum absolute atomic E-state index is 8.93. The Kier molecular flexibility index (Phi) is 7.17. The number of hydrogen-bond acceptors (Lipinski definition) is 3. The molecule has 0 fully saturated rings. The van der Waals surface area contributed by atoms with Crippen molar-refractivity contribution >= 4 is 0 Å². The van der Waals surface area contributed by atoms with Gasteiger partial charge in [-0.15, -0.1) is 0 Å². The number of hydrogen-bond donors (Lipinski definition) is 1. The smallest absolute Gasteiger partial charge is 0.0641 e. The summed E-state index contributed by atoms with van der Waals surface area (Å²) in [6, 6.07) is 13.2. The van der Waals surface area contributed by atoms with Gasteiger partial charge in [-0.1, -0.05) is 37.3 Å². The minimum absolute atomic E-state index is 0.136. The van der Waals surface area contributed by atoms with E-state index in [4.69, 9.17) is 5.26 Å². The molecule has 104 valence electrons. The highest BCUT2D eigenvalue weighted by Gasteiger charge is 2.11. The van der Waals surface area contributed by atoms with E-state index >= 15 is 0 Å². The molecule has 0 aliphatic heterocycles. The van der Waals surface area contributed by atoms with Crippen LogP contribution in [0.3, 0.4) is 0 Å². The van der Waals surface area contributed by atoms with E-state index in [0.717, 1.165) is 19.5 Å². The number of nitrogens with zero attached hydrogens (tertiary/aromatic N) is 2. The highest BCUT2D eigenvalue weighted by atomic mass is 15.1. The molecule has 0 saturated carbocycles. The zero-order valence-electron chi connectivity index (χ0n) is 12.3. The molecule has 0 aliphatic carbocycles. The molecule has 19 heavy (non-hydrogen) atoms. The number of likely N-dealkylation sites (N-methyl/N-ethyl adjacent to an activating group) is 1. The largest absolute Gasteiger partial charge is 0.308 e. The zero-order chi connectivity index (χ0) is 14.1. The standard InChI is InChI=1S/C16H25N3/c1-4-14(2)19(3)13-12-18-16(10-11-17)15-8-6-5-7-9-15/h5-9,14,16,18H,4,10,12-13H2,1-3H3. The van der Waals surface area contributed by atoms with Crippen molar-refractivity contribution < 1.29 is 0 Å². The van der Waals surface area contributed by atoms with Crippen molar-refractivity contribution in [3.63, 3.8) is 0 Å². The van der Waals surface area contributed by atoms with Gasteiger partial charge in [-0.25, -0.2) is 0 Å². The van der Waals surface area contributed by atoms with Crippen molar-refractivity contribution in [2.45, 2.75) is 38.8 Å². The average Bonchev–Trinajstić information content (AvgIpc) is 2.46. The van der Waals surface area contributed by atoms with Crippen molar-refractivity contribution in [2.24, 2.45) is 0 Å². The summed E-state index contributed by atoms with van der Waals surface area (Å²) in [7, 11) is 2.15. The molecule has 1 N–H and O–H groups in total. The van der Waals surface area contributed by atoms with E-state index in [1.54, 1.807) is 0 Å². The maximum Gasteiger partial charge on any atom is 0.0641 e. The molecule has 0 aliphatic rings. The fourth-order valence-corrected chi connectivity index (χ4v) is 2.03. The summed E-state index contributed by atoms with van der Waals surface area (Å²) in [5.74, 6) is 0. The Bertz CT molecular complexity index is 383. The molecule has 3 heteroatoms. The van der Waals surface area contributed by atoms with Gasteiger partial charge in [0.05, 0.1) is 12.5 Å². The highest BCUT2D eigenvalue weighted by Crippen LogP contribution is 2.15. The van der Waals surface area contributed by atoms with E-state index in [-0.39, 0.29) is 6.04 Å². The Hall–Kier alpha value is -1.37. The third-order valence-electron chi connectivity index (χ3n) is 3.70. The lowest BCUT2D eigenvalue weighted by Gasteiger charge is -2.25. The Morgan fingerprint density at radius 3 is 2.58 bits per heavy atom. The van der Waals surface area contributed by atoms with Crippen molar-refractivity contribution in [1.29, 1.82) is 5.26 Å². The van der Waals surface area contributed by atoms with Crippen LogP contribution in [0.2, 0.25) is 0 Å². The summed E-state index contributed by atoms with van der Waals surface area (Å²) in [6.07, 6.45) is 1.67. The van der Waals surface area contributed by atoms with Crippen LogP contribution in [0.1, 0.15) is 38.3 Å². The monoisotopic (exact) mass is 259 g/mol. The number of benzene rings is 1. The molecule has 1 rings (SSSR count). The van der Waals surface area contributed by atoms with Crippen molar-refractivity contribution in [1.82, 2.24) is 10.2 Å². The minimum atomic E-state index is 0.136. The molecule has 0 radical (unpaired) electrons. The van der Waals surface area contributed by atoms with Gasteiger partial charge in [0, 0.05) is 25.2 Å². The van der Waals surface area contributed by atoms with Crippen LogP contribution in [0, 0.1) is 11.3 Å². The van der Waals surface area contributed by atoms with Crippen LogP contribution in [0.25, 0.3) is 0 Å². The first-order chi connectivity index (χ1) is 9.19. The Labute approximate surface area is 117 Å². The van der Waals surface area contributed by atoms with Crippen LogP contribution >= 0.6 is 0 Å². The van der Waals surface area contributed by atoms with Crippen LogP contribution in [0.15, 0.2) is 30.3 Å². The summed E-state index contributed by atoms with van der Waals surface area (Å²) in [5, 5.41) is 12.4. The zero-order valence-corrected chi connectivity index (χ0v) is 12.3. The summed E-state index contributed by atoms with van der Waals surface area (Å²) in [5.41, 5.74) is 1.19. The van der Waals surface area contributed by atoms with Gasteiger partial charge >= 0.3 is 0 Å². The molecule has 1 aromatic rings. The third-order valence-corrected chi connectivity index (χ3v) is 3.70. The van der Waals surface area contributed by atoms with E-state index < -0.39 is 0 Å². The summed E-state index contributed by atoms with van der Waals surface area (Å²) < 4.78 is 0. The van der Waals surface area contributed by atoms with Crippen LogP contribution in [0.5, 0.6) is 0 Å². The third kappa shape index (κ3) is 5.42. The molecule has 0 aromatic heterocycles. The number of rotatable bonds is 8. The molecule has 2 atom stereocenters. The van der Waals surface area contributed by atoms with Crippen molar-refractivity contribution in [3.05, 3.63) is 35.9 Å². The van der Waals surface area contributed by atoms with Crippen LogP contribution in [-0.2, 0) is 0 Å². The van der Waals surface area contributed by atoms with Crippen LogP contribution in [0.4, 0.5) is 0 Å². The van der Waals surface area contributed by atoms with Gasteiger partial charge in [0.2, 0.25) is 0 Å². The van der Waals surface area contributed by atoms with Gasteiger partial charge in [0.1, 0.15) is 0 Å². The fourth-order valence-electron chi connectivity index (χ4n) is 2.03. The van der Waals surface area contributed by atoms with E-state index in [2.05, 4.69) is 49.3 Å². The van der Waals surface area contributed by atoms with E-state index in [1.165, 1.54) is 5.56 Å². The molecule has 0 saturated heterocycles. The SMILES string of the molecule is CCC(C)N(C)CCNC(CC#N)c1ccccc1. The van der Waals surface area contributed by atoms with Gasteiger partial charge in [-0.3, -0.25) is 0 Å².